The molecule has 0 aliphatic rings. The standard InChI is InChI=1S/C14H12N2O7S/c1-23-12-6-5-11(16(19)20)8-13(12)24(21,22)15-10-4-2-3-9(7-10)14(17)18/h2-8,15H,1H3,(H,17,18). The van der Waals surface area contributed by atoms with Gasteiger partial charge in [0.1, 0.15) is 10.6 Å². The molecule has 0 aliphatic heterocycles. The maximum absolute atomic E-state index is 12.5. The summed E-state index contributed by atoms with van der Waals surface area (Å²) in [7, 11) is -3.00. The molecule has 0 heterocycles. The van der Waals surface area contributed by atoms with Crippen LogP contribution in [0.15, 0.2) is 47.4 Å². The Labute approximate surface area is 136 Å². The van der Waals surface area contributed by atoms with Crippen molar-refractivity contribution in [3.8, 4) is 5.75 Å². The van der Waals surface area contributed by atoms with Gasteiger partial charge in [0.15, 0.2) is 0 Å². The lowest BCUT2D eigenvalue weighted by molar-refractivity contribution is -0.385. The quantitative estimate of drug-likeness (QED) is 0.600. The number of anilines is 1. The Morgan fingerprint density at radius 1 is 1.25 bits per heavy atom. The molecule has 0 aromatic heterocycles. The molecule has 0 unspecified atom stereocenters. The number of rotatable bonds is 6. The highest BCUT2D eigenvalue weighted by molar-refractivity contribution is 7.92. The normalized spacial score (nSPS) is 10.9. The minimum Gasteiger partial charge on any atom is -0.495 e. The first-order chi connectivity index (χ1) is 11.2. The fourth-order valence-corrected chi connectivity index (χ4v) is 3.15. The van der Waals surface area contributed by atoms with Gasteiger partial charge in [-0.05, 0) is 24.3 Å². The van der Waals surface area contributed by atoms with E-state index in [0.717, 1.165) is 18.2 Å². The molecule has 2 rings (SSSR count). The third kappa shape index (κ3) is 3.60. The summed E-state index contributed by atoms with van der Waals surface area (Å²) >= 11 is 0. The van der Waals surface area contributed by atoms with Crippen LogP contribution in [0.4, 0.5) is 11.4 Å². The van der Waals surface area contributed by atoms with Gasteiger partial charge < -0.3 is 9.84 Å². The van der Waals surface area contributed by atoms with E-state index >= 15 is 0 Å². The van der Waals surface area contributed by atoms with Crippen LogP contribution in [-0.4, -0.2) is 31.5 Å². The number of carbonyl (C=O) groups is 1. The number of sulfonamides is 1. The second-order valence-electron chi connectivity index (χ2n) is 4.58. The molecule has 0 spiro atoms. The number of nitro groups is 1. The average Bonchev–Trinajstić information content (AvgIpc) is 2.53. The molecule has 10 heteroatoms. The molecule has 0 fully saturated rings. The summed E-state index contributed by atoms with van der Waals surface area (Å²) in [6.45, 7) is 0. The highest BCUT2D eigenvalue weighted by Crippen LogP contribution is 2.29. The van der Waals surface area contributed by atoms with Gasteiger partial charge in [0.2, 0.25) is 0 Å². The van der Waals surface area contributed by atoms with Gasteiger partial charge in [-0.2, -0.15) is 0 Å². The van der Waals surface area contributed by atoms with Crippen molar-refractivity contribution >= 4 is 27.4 Å². The zero-order valence-electron chi connectivity index (χ0n) is 12.3. The summed E-state index contributed by atoms with van der Waals surface area (Å²) in [5, 5.41) is 19.8. The lowest BCUT2D eigenvalue weighted by atomic mass is 10.2. The molecule has 0 saturated carbocycles. The smallest absolute Gasteiger partial charge is 0.335 e. The van der Waals surface area contributed by atoms with E-state index in [1.54, 1.807) is 0 Å². The van der Waals surface area contributed by atoms with Crippen molar-refractivity contribution in [3.63, 3.8) is 0 Å². The van der Waals surface area contributed by atoms with Gasteiger partial charge in [-0.15, -0.1) is 0 Å². The first-order valence-electron chi connectivity index (χ1n) is 6.43. The molecule has 9 nitrogen and oxygen atoms in total. The Morgan fingerprint density at radius 3 is 2.54 bits per heavy atom. The summed E-state index contributed by atoms with van der Waals surface area (Å²) in [5.74, 6) is -1.30. The van der Waals surface area contributed by atoms with E-state index < -0.39 is 31.5 Å². The van der Waals surface area contributed by atoms with Crippen molar-refractivity contribution in [2.24, 2.45) is 0 Å². The van der Waals surface area contributed by atoms with Crippen LogP contribution in [-0.2, 0) is 10.0 Å². The zero-order chi connectivity index (χ0) is 17.9. The van der Waals surface area contributed by atoms with Crippen LogP contribution >= 0.6 is 0 Å². The summed E-state index contributed by atoms with van der Waals surface area (Å²) in [6.07, 6.45) is 0. The first kappa shape index (κ1) is 17.2. The van der Waals surface area contributed by atoms with E-state index in [9.17, 15) is 23.3 Å². The second kappa shape index (κ2) is 6.54. The minimum absolute atomic E-state index is 0.00320. The summed E-state index contributed by atoms with van der Waals surface area (Å²) < 4.78 is 32.1. The molecule has 2 aromatic carbocycles. The Balaban J connectivity index is 2.47. The van der Waals surface area contributed by atoms with E-state index in [4.69, 9.17) is 9.84 Å². The minimum atomic E-state index is -4.23. The Kier molecular flexibility index (Phi) is 4.69. The number of nitrogens with one attached hydrogen (secondary N) is 1. The van der Waals surface area contributed by atoms with Gasteiger partial charge in [-0.3, -0.25) is 14.8 Å². The van der Waals surface area contributed by atoms with Gasteiger partial charge in [0.05, 0.1) is 17.6 Å². The van der Waals surface area contributed by atoms with Crippen molar-refractivity contribution < 1.29 is 28.0 Å². The molecule has 0 saturated heterocycles. The monoisotopic (exact) mass is 352 g/mol. The van der Waals surface area contributed by atoms with Crippen LogP contribution in [0.2, 0.25) is 0 Å². The Bertz CT molecular complexity index is 909. The number of hydrogen-bond donors (Lipinski definition) is 2. The summed E-state index contributed by atoms with van der Waals surface area (Å²) in [5.41, 5.74) is -0.528. The van der Waals surface area contributed by atoms with Gasteiger partial charge in [0, 0.05) is 17.8 Å². The largest absolute Gasteiger partial charge is 0.495 e. The number of carboxylic acid groups (broad SMARTS) is 1. The molecule has 2 N–H and O–H groups in total. The maximum Gasteiger partial charge on any atom is 0.335 e. The van der Waals surface area contributed by atoms with E-state index in [0.29, 0.717) is 0 Å². The number of hydrogen-bond acceptors (Lipinski definition) is 6. The Hall–Kier alpha value is -3.14. The molecule has 0 bridgehead atoms. The topological polar surface area (TPSA) is 136 Å². The van der Waals surface area contributed by atoms with Crippen molar-refractivity contribution in [3.05, 3.63) is 58.1 Å². The number of nitro benzene ring substituents is 1. The van der Waals surface area contributed by atoms with Crippen LogP contribution < -0.4 is 9.46 Å². The number of non-ortho nitro benzene ring substituents is 1. The van der Waals surface area contributed by atoms with Gasteiger partial charge in [-0.1, -0.05) is 6.07 Å². The first-order valence-corrected chi connectivity index (χ1v) is 7.91. The highest BCUT2D eigenvalue weighted by atomic mass is 32.2. The lowest BCUT2D eigenvalue weighted by Crippen LogP contribution is -2.14. The number of nitrogens with zero attached hydrogens (tertiary/aromatic N) is 1. The average molecular weight is 352 g/mol. The van der Waals surface area contributed by atoms with E-state index in [2.05, 4.69) is 4.72 Å². The van der Waals surface area contributed by atoms with E-state index in [1.165, 1.54) is 31.4 Å². The molecule has 2 aromatic rings. The number of ether oxygens (including phenoxy) is 1. The third-order valence-corrected chi connectivity index (χ3v) is 4.41. The highest BCUT2D eigenvalue weighted by Gasteiger charge is 2.23. The maximum atomic E-state index is 12.5. The summed E-state index contributed by atoms with van der Waals surface area (Å²) in [6, 6.07) is 8.29. The number of carboxylic acids is 1. The predicted molar refractivity (Wildman–Crippen MR) is 83.9 cm³/mol. The van der Waals surface area contributed by atoms with Crippen LogP contribution in [0, 0.1) is 10.1 Å². The molecular weight excluding hydrogens is 340 g/mol. The van der Waals surface area contributed by atoms with Gasteiger partial charge in [-0.25, -0.2) is 13.2 Å². The van der Waals surface area contributed by atoms with Crippen LogP contribution in [0.25, 0.3) is 0 Å². The molecular formula is C14H12N2O7S. The van der Waals surface area contributed by atoms with Crippen molar-refractivity contribution in [2.75, 3.05) is 11.8 Å². The van der Waals surface area contributed by atoms with Crippen molar-refractivity contribution in [2.45, 2.75) is 4.90 Å². The molecule has 24 heavy (non-hydrogen) atoms. The number of methoxy groups -OCH3 is 1. The molecule has 0 aliphatic carbocycles. The fraction of sp³-hybridized carbons (Fsp3) is 0.0714. The summed E-state index contributed by atoms with van der Waals surface area (Å²) in [4.78, 5) is 20.6. The van der Waals surface area contributed by atoms with Gasteiger partial charge in [0.25, 0.3) is 15.7 Å². The lowest BCUT2D eigenvalue weighted by Gasteiger charge is -2.11. The third-order valence-electron chi connectivity index (χ3n) is 3.01. The van der Waals surface area contributed by atoms with Gasteiger partial charge >= 0.3 is 5.97 Å². The second-order valence-corrected chi connectivity index (χ2v) is 6.23. The molecule has 0 amide bonds. The molecule has 126 valence electrons. The van der Waals surface area contributed by atoms with E-state index in [-0.39, 0.29) is 17.0 Å². The number of aromatic carboxylic acids is 1. The molecule has 0 atom stereocenters. The van der Waals surface area contributed by atoms with Crippen molar-refractivity contribution in [1.82, 2.24) is 0 Å². The van der Waals surface area contributed by atoms with Crippen LogP contribution in [0.5, 0.6) is 5.75 Å². The Morgan fingerprint density at radius 2 is 1.96 bits per heavy atom. The predicted octanol–water partition coefficient (Wildman–Crippen LogP) is 2.10. The van der Waals surface area contributed by atoms with Crippen LogP contribution in [0.1, 0.15) is 10.4 Å². The SMILES string of the molecule is COc1ccc([N+](=O)[O-])cc1S(=O)(=O)Nc1cccc(C(=O)O)c1. The van der Waals surface area contributed by atoms with Crippen molar-refractivity contribution in [1.29, 1.82) is 0 Å². The van der Waals surface area contributed by atoms with E-state index in [1.807, 2.05) is 0 Å². The molecule has 0 radical (unpaired) electrons. The zero-order valence-corrected chi connectivity index (χ0v) is 13.1. The van der Waals surface area contributed by atoms with Crippen LogP contribution in [0.3, 0.4) is 0 Å². The number of benzene rings is 2. The fourth-order valence-electron chi connectivity index (χ4n) is 1.91.